The molecule has 0 unspecified atom stereocenters. The number of rotatable bonds is 0. The van der Waals surface area contributed by atoms with Gasteiger partial charge >= 0.3 is 62.1 Å². The van der Waals surface area contributed by atoms with E-state index in [9.17, 15) is 0 Å². The molecule has 7 heavy (non-hydrogen) atoms. The first kappa shape index (κ1) is 15.9. The molecule has 0 spiro atoms. The van der Waals surface area contributed by atoms with Crippen LogP contribution in [-0.4, -0.2) is 66.1 Å². The Hall–Kier alpha value is 1.71. The Labute approximate surface area is 86.3 Å². The van der Waals surface area contributed by atoms with Gasteiger partial charge in [0.05, 0.1) is 0 Å². The zero-order valence-corrected chi connectivity index (χ0v) is 3.80. The molecule has 0 saturated carbocycles. The van der Waals surface area contributed by atoms with Crippen LogP contribution >= 0.6 is 7.82 Å². The van der Waals surface area contributed by atoms with Gasteiger partial charge in [0, 0.05) is 0 Å². The summed E-state index contributed by atoms with van der Waals surface area (Å²) in [5.74, 6) is 0. The summed E-state index contributed by atoms with van der Waals surface area (Å²) < 4.78 is 8.88. The van der Waals surface area contributed by atoms with Gasteiger partial charge in [-0.3, -0.25) is 0 Å². The Bertz CT molecular complexity index is 64.7. The molecule has 42 valence electrons. The number of phosphoric acid groups is 1. The van der Waals surface area contributed by atoms with Crippen molar-refractivity contribution in [2.45, 2.75) is 0 Å². The average molecular weight is 157 g/mol. The molecular weight excluding hydrogens is 148 g/mol. The summed E-state index contributed by atoms with van der Waals surface area (Å²) in [4.78, 5) is 21.6. The summed E-state index contributed by atoms with van der Waals surface area (Å²) >= 11 is 0. The van der Waals surface area contributed by atoms with E-state index < -0.39 is 7.82 Å². The Kier molecular flexibility index (Phi) is 13.2. The van der Waals surface area contributed by atoms with Crippen LogP contribution in [0.15, 0.2) is 0 Å². The first-order chi connectivity index (χ1) is 2.00. The van der Waals surface area contributed by atoms with Crippen LogP contribution in [0.2, 0.25) is 0 Å². The summed E-state index contributed by atoms with van der Waals surface area (Å²) in [5.41, 5.74) is 0. The second-order valence-electron chi connectivity index (χ2n) is 0.513. The Morgan fingerprint density at radius 1 is 1.29 bits per heavy atom. The molecule has 6 N–H and O–H groups in total. The minimum atomic E-state index is -4.64. The van der Waals surface area contributed by atoms with Gasteiger partial charge in [0.1, 0.15) is 0 Å². The fraction of sp³-hybridized carbons (Fsp3) is 0. The van der Waals surface area contributed by atoms with Crippen molar-refractivity contribution >= 4 is 59.2 Å². The molecule has 7 heteroatoms. The van der Waals surface area contributed by atoms with Crippen LogP contribution in [0.3, 0.4) is 0 Å². The molecule has 0 fully saturated rings. The number of hydrogen-bond donors (Lipinski definition) is 4. The zero-order chi connectivity index (χ0) is 4.50. The van der Waals surface area contributed by atoms with Gasteiger partial charge in [-0.2, -0.15) is 0 Å². The van der Waals surface area contributed by atoms with Gasteiger partial charge in [-0.05, 0) is 0 Å². The van der Waals surface area contributed by atoms with Gasteiger partial charge in [-0.15, -0.1) is 0 Å². The average Bonchev–Trinajstić information content (AvgIpc) is 0.722. The van der Waals surface area contributed by atoms with E-state index in [2.05, 4.69) is 0 Å². The van der Waals surface area contributed by atoms with Crippen molar-refractivity contribution in [2.75, 3.05) is 0 Å². The molecule has 0 aromatic rings. The van der Waals surface area contributed by atoms with Crippen molar-refractivity contribution in [3.8, 4) is 0 Å². The van der Waals surface area contributed by atoms with E-state index >= 15 is 0 Å². The Morgan fingerprint density at radius 2 is 1.29 bits per heavy atom. The summed E-state index contributed by atoms with van der Waals surface area (Å²) in [6.45, 7) is 0. The third-order valence-electron chi connectivity index (χ3n) is 0. The molecule has 0 amide bonds. The van der Waals surface area contributed by atoms with E-state index in [0.29, 0.717) is 0 Å². The predicted molar refractivity (Wildman–Crippen MR) is 28.7 cm³/mol. The van der Waals surface area contributed by atoms with E-state index in [4.69, 9.17) is 19.2 Å². The maximum absolute atomic E-state index is 8.88. The standard InChI is InChI=1S/K.H3N.H3O4P.H/c;;1-5(2,3)4;/h;1H3;(H3,1,2,3,4);/p+2. The maximum atomic E-state index is 8.88. The topological polar surface area (TPSA) is 113 Å². The predicted octanol–water partition coefficient (Wildman–Crippen LogP) is -1.19. The van der Waals surface area contributed by atoms with Gasteiger partial charge in [0.15, 0.2) is 0 Å². The van der Waals surface area contributed by atoms with Gasteiger partial charge < -0.3 is 20.8 Å². The van der Waals surface area contributed by atoms with Crippen molar-refractivity contribution in [1.82, 2.24) is 6.15 Å². The van der Waals surface area contributed by atoms with Crippen molar-refractivity contribution in [3.63, 3.8) is 0 Å². The summed E-state index contributed by atoms with van der Waals surface area (Å²) in [5, 5.41) is 0. The molecule has 0 bridgehead atoms. The Balaban J connectivity index is -0.0000000133. The fourth-order valence-corrected chi connectivity index (χ4v) is 0. The molecule has 5 nitrogen and oxygen atoms in total. The van der Waals surface area contributed by atoms with Crippen LogP contribution in [0.1, 0.15) is 2.85 Å². The van der Waals surface area contributed by atoms with Crippen molar-refractivity contribution in [3.05, 3.63) is 0 Å². The van der Waals surface area contributed by atoms with Crippen LogP contribution in [0.4, 0.5) is 0 Å². The van der Waals surface area contributed by atoms with E-state index in [0.717, 1.165) is 0 Å². The number of hydrogen-bond acceptors (Lipinski definition) is 2. The second-order valence-corrected chi connectivity index (χ2v) is 1.54. The van der Waals surface area contributed by atoms with E-state index in [1.165, 1.54) is 0 Å². The molecule has 0 rings (SSSR count). The van der Waals surface area contributed by atoms with Gasteiger partial charge in [0.25, 0.3) is 0 Å². The molecule has 0 aliphatic carbocycles. The van der Waals surface area contributed by atoms with Crippen molar-refractivity contribution < 1.29 is 22.1 Å². The molecule has 0 radical (unpaired) electrons. The minimum absolute atomic E-state index is 0. The summed E-state index contributed by atoms with van der Waals surface area (Å²) in [7, 11) is -4.64. The van der Waals surface area contributed by atoms with E-state index in [1.807, 2.05) is 0 Å². The van der Waals surface area contributed by atoms with Crippen LogP contribution < -0.4 is 6.15 Å². The van der Waals surface area contributed by atoms with Crippen molar-refractivity contribution in [1.29, 1.82) is 0 Å². The first-order valence-electron chi connectivity index (χ1n) is 0.783. The normalized spacial score (nSPS) is 8.43. The Morgan fingerprint density at radius 3 is 1.29 bits per heavy atom. The van der Waals surface area contributed by atoms with Crippen LogP contribution in [-0.2, 0) is 4.57 Å². The fourth-order valence-electron chi connectivity index (χ4n) is 0. The van der Waals surface area contributed by atoms with E-state index in [-0.39, 0.29) is 60.4 Å². The second kappa shape index (κ2) is 5.84. The molecular formula is H9KNO4P+2. The monoisotopic (exact) mass is 157 g/mol. The summed E-state index contributed by atoms with van der Waals surface area (Å²) in [6.07, 6.45) is 0. The molecule has 0 aliphatic rings. The van der Waals surface area contributed by atoms with Crippen molar-refractivity contribution in [2.24, 2.45) is 0 Å². The third-order valence-corrected chi connectivity index (χ3v) is 0. The zero-order valence-electron chi connectivity index (χ0n) is 4.90. The molecule has 0 aliphatic heterocycles. The molecule has 0 aromatic carbocycles. The van der Waals surface area contributed by atoms with Gasteiger partial charge in [0.2, 0.25) is 0 Å². The van der Waals surface area contributed by atoms with Gasteiger partial charge in [-0.25, -0.2) is 4.57 Å². The van der Waals surface area contributed by atoms with E-state index in [1.54, 1.807) is 0 Å². The SMILES string of the molecule is N.O=P(O)(O)O.[H+].[H+].[KH]. The van der Waals surface area contributed by atoms with Gasteiger partial charge in [-0.1, -0.05) is 0 Å². The third kappa shape index (κ3) is 86.2. The first-order valence-corrected chi connectivity index (χ1v) is 2.35. The van der Waals surface area contributed by atoms with Crippen LogP contribution in [0.25, 0.3) is 0 Å². The molecule has 0 heterocycles. The molecule has 0 atom stereocenters. The summed E-state index contributed by atoms with van der Waals surface area (Å²) in [6, 6.07) is 0. The molecule has 0 aromatic heterocycles. The molecule has 0 saturated heterocycles. The van der Waals surface area contributed by atoms with Crippen LogP contribution in [0.5, 0.6) is 0 Å². The van der Waals surface area contributed by atoms with Crippen LogP contribution in [0, 0.1) is 0 Å². The quantitative estimate of drug-likeness (QED) is 0.261.